The van der Waals surface area contributed by atoms with E-state index >= 15 is 0 Å². The molecule has 0 aromatic heterocycles. The summed E-state index contributed by atoms with van der Waals surface area (Å²) >= 11 is 0. The van der Waals surface area contributed by atoms with E-state index in [9.17, 15) is 19.5 Å². The van der Waals surface area contributed by atoms with Gasteiger partial charge in [-0.2, -0.15) is 0 Å². The molecule has 0 radical (unpaired) electrons. The van der Waals surface area contributed by atoms with E-state index in [1.54, 1.807) is 0 Å². The fourth-order valence-corrected chi connectivity index (χ4v) is 8.23. The van der Waals surface area contributed by atoms with Gasteiger partial charge in [-0.3, -0.25) is 19.3 Å². The van der Waals surface area contributed by atoms with E-state index in [1.165, 1.54) is 109 Å². The summed E-state index contributed by atoms with van der Waals surface area (Å²) in [5.41, 5.74) is 0. The first-order valence-corrected chi connectivity index (χ1v) is 25.0. The van der Waals surface area contributed by atoms with Crippen LogP contribution < -0.4 is 5.32 Å². The third-order valence-corrected chi connectivity index (χ3v) is 11.9. The van der Waals surface area contributed by atoms with Crippen molar-refractivity contribution < 1.29 is 33.7 Å². The van der Waals surface area contributed by atoms with Gasteiger partial charge in [-0.05, 0) is 70.8 Å². The molecular weight excluding hydrogens is 729 g/mol. The summed E-state index contributed by atoms with van der Waals surface area (Å²) < 4.78 is 17.2. The van der Waals surface area contributed by atoms with Gasteiger partial charge in [0.25, 0.3) is 0 Å². The molecule has 1 aliphatic rings. The van der Waals surface area contributed by atoms with Crippen molar-refractivity contribution in [2.24, 2.45) is 0 Å². The molecule has 1 aliphatic heterocycles. The number of hydrogen-bond donors (Lipinski definition) is 2. The number of hydrogen-bond acceptors (Lipinski definition) is 9. The second kappa shape index (κ2) is 40.7. The van der Waals surface area contributed by atoms with Crippen LogP contribution in [0.2, 0.25) is 0 Å². The van der Waals surface area contributed by atoms with Crippen molar-refractivity contribution in [3.05, 3.63) is 0 Å². The Hall–Kier alpha value is -1.71. The first-order chi connectivity index (χ1) is 28.4. The van der Waals surface area contributed by atoms with Crippen LogP contribution in [0.4, 0.5) is 0 Å². The van der Waals surface area contributed by atoms with E-state index < -0.39 is 0 Å². The molecule has 342 valence electrons. The fourth-order valence-electron chi connectivity index (χ4n) is 8.23. The van der Waals surface area contributed by atoms with Crippen LogP contribution in [-0.2, 0) is 28.6 Å². The lowest BCUT2D eigenvalue weighted by Crippen LogP contribution is -2.38. The molecule has 9 nitrogen and oxygen atoms in total. The normalized spacial score (nSPS) is 15.7. The first kappa shape index (κ1) is 54.3. The Morgan fingerprint density at radius 1 is 0.569 bits per heavy atom. The van der Waals surface area contributed by atoms with Crippen molar-refractivity contribution in [1.82, 2.24) is 10.2 Å². The highest BCUT2D eigenvalue weighted by Gasteiger charge is 2.37. The Morgan fingerprint density at radius 2 is 1.02 bits per heavy atom. The Kier molecular flexibility index (Phi) is 38.1. The topological polar surface area (TPSA) is 114 Å². The largest absolute Gasteiger partial charge is 0.466 e. The van der Waals surface area contributed by atoms with Gasteiger partial charge in [0.2, 0.25) is 0 Å². The van der Waals surface area contributed by atoms with E-state index in [0.717, 1.165) is 103 Å². The zero-order valence-corrected chi connectivity index (χ0v) is 38.4. The molecule has 0 bridgehead atoms. The Balaban J connectivity index is 2.25. The van der Waals surface area contributed by atoms with E-state index in [4.69, 9.17) is 14.2 Å². The number of carbonyl (C=O) groups is 3. The molecule has 2 atom stereocenters. The number of nitrogens with zero attached hydrogens (tertiary/aromatic N) is 1. The molecule has 1 saturated heterocycles. The molecule has 0 saturated carbocycles. The molecule has 0 spiro atoms. The Morgan fingerprint density at radius 3 is 1.55 bits per heavy atom. The molecule has 0 aromatic carbocycles. The van der Waals surface area contributed by atoms with Crippen LogP contribution in [0.3, 0.4) is 0 Å². The summed E-state index contributed by atoms with van der Waals surface area (Å²) in [7, 11) is 0. The zero-order chi connectivity index (χ0) is 42.2. The maximum Gasteiger partial charge on any atom is 0.323 e. The van der Waals surface area contributed by atoms with Gasteiger partial charge in [0.05, 0.1) is 19.8 Å². The van der Waals surface area contributed by atoms with Crippen LogP contribution in [0.5, 0.6) is 0 Å². The predicted octanol–water partition coefficient (Wildman–Crippen LogP) is 11.9. The molecule has 9 heteroatoms. The monoisotopic (exact) mass is 823 g/mol. The molecule has 58 heavy (non-hydrogen) atoms. The molecule has 0 amide bonds. The van der Waals surface area contributed by atoms with E-state index in [2.05, 4.69) is 31.0 Å². The highest BCUT2D eigenvalue weighted by Crippen LogP contribution is 2.22. The smallest absolute Gasteiger partial charge is 0.323 e. The van der Waals surface area contributed by atoms with Crippen LogP contribution in [0.1, 0.15) is 239 Å². The third kappa shape index (κ3) is 32.1. The van der Waals surface area contributed by atoms with Crippen molar-refractivity contribution in [2.75, 3.05) is 39.5 Å². The molecule has 1 fully saturated rings. The van der Waals surface area contributed by atoms with Gasteiger partial charge in [-0.1, -0.05) is 162 Å². The highest BCUT2D eigenvalue weighted by atomic mass is 16.5. The van der Waals surface area contributed by atoms with Crippen molar-refractivity contribution in [3.8, 4) is 0 Å². The lowest BCUT2D eigenvalue weighted by molar-refractivity contribution is -0.150. The predicted molar refractivity (Wildman–Crippen MR) is 240 cm³/mol. The maximum absolute atomic E-state index is 13.2. The first-order valence-electron chi connectivity index (χ1n) is 25.0. The minimum absolute atomic E-state index is 0.0362. The molecule has 1 rings (SSSR count). The van der Waals surface area contributed by atoms with Gasteiger partial charge in [-0.25, -0.2) is 0 Å². The van der Waals surface area contributed by atoms with Crippen LogP contribution in [-0.4, -0.2) is 85.6 Å². The fraction of sp³-hybridized carbons (Fsp3) is 0.939. The van der Waals surface area contributed by atoms with Crippen LogP contribution in [0.25, 0.3) is 0 Å². The lowest BCUT2D eigenvalue weighted by Gasteiger charge is -2.22. The minimum atomic E-state index is -0.283. The van der Waals surface area contributed by atoms with E-state index in [0.29, 0.717) is 39.0 Å². The number of likely N-dealkylation sites (tertiary alicyclic amines) is 1. The molecule has 2 N–H and O–H groups in total. The van der Waals surface area contributed by atoms with Crippen LogP contribution >= 0.6 is 0 Å². The highest BCUT2D eigenvalue weighted by molar-refractivity contribution is 5.76. The summed E-state index contributed by atoms with van der Waals surface area (Å²) in [5, 5.41) is 12.7. The summed E-state index contributed by atoms with van der Waals surface area (Å²) in [5.74, 6) is -0.294. The molecule has 1 unspecified atom stereocenters. The van der Waals surface area contributed by atoms with Crippen LogP contribution in [0.15, 0.2) is 0 Å². The van der Waals surface area contributed by atoms with Crippen LogP contribution in [0, 0.1) is 0 Å². The van der Waals surface area contributed by atoms with E-state index in [1.807, 2.05) is 0 Å². The number of rotatable bonds is 43. The SMILES string of the molecule is CCCCCCCCCCCOC(=O)CCCCCN1CC(NCCO)C[C@H]1C(=O)OCCCCCCCC(=O)OC(CCCCCCCC)CCCCCCCC. The van der Waals surface area contributed by atoms with Crippen molar-refractivity contribution in [1.29, 1.82) is 0 Å². The van der Waals surface area contributed by atoms with E-state index in [-0.39, 0.29) is 42.7 Å². The molecular formula is C49H94N2O7. The van der Waals surface area contributed by atoms with Gasteiger partial charge >= 0.3 is 17.9 Å². The van der Waals surface area contributed by atoms with Gasteiger partial charge in [0.15, 0.2) is 0 Å². The number of carbonyl (C=O) groups excluding carboxylic acids is 3. The standard InChI is InChI=1S/C49H94N2O7/c1-4-7-10-13-16-17-18-23-31-40-56-47(53)35-29-25-30-38-51-43-44(50-37-39-52)42-46(51)49(55)57-41-32-24-19-22-28-36-48(54)58-45(33-26-20-14-11-8-5-2)34-27-21-15-12-9-6-3/h44-46,50,52H,4-43H2,1-3H3/t44?,46-/m0/s1. The average molecular weight is 823 g/mol. The van der Waals surface area contributed by atoms with Gasteiger partial charge < -0.3 is 24.6 Å². The van der Waals surface area contributed by atoms with Crippen molar-refractivity contribution in [3.63, 3.8) is 0 Å². The minimum Gasteiger partial charge on any atom is -0.466 e. The molecule has 0 aliphatic carbocycles. The summed E-state index contributed by atoms with van der Waals surface area (Å²) in [6.07, 6.45) is 37.3. The molecule has 0 aromatic rings. The molecule has 1 heterocycles. The Labute approximate surface area is 357 Å². The van der Waals surface area contributed by atoms with Gasteiger partial charge in [-0.15, -0.1) is 0 Å². The number of aliphatic hydroxyl groups excluding tert-OH is 1. The number of ether oxygens (including phenoxy) is 3. The lowest BCUT2D eigenvalue weighted by atomic mass is 10.0. The second-order valence-electron chi connectivity index (χ2n) is 17.4. The maximum atomic E-state index is 13.2. The zero-order valence-electron chi connectivity index (χ0n) is 38.4. The third-order valence-electron chi connectivity index (χ3n) is 11.9. The van der Waals surface area contributed by atoms with Crippen molar-refractivity contribution in [2.45, 2.75) is 257 Å². The Bertz CT molecular complexity index is 934. The van der Waals surface area contributed by atoms with Gasteiger partial charge in [0, 0.05) is 32.0 Å². The number of esters is 3. The summed E-state index contributed by atoms with van der Waals surface area (Å²) in [4.78, 5) is 40.4. The summed E-state index contributed by atoms with van der Waals surface area (Å²) in [6.45, 7) is 9.81. The summed E-state index contributed by atoms with van der Waals surface area (Å²) in [6, 6.07) is -0.136. The second-order valence-corrected chi connectivity index (χ2v) is 17.4. The van der Waals surface area contributed by atoms with Crippen molar-refractivity contribution >= 4 is 17.9 Å². The number of aliphatic hydroxyl groups is 1. The number of unbranched alkanes of at least 4 members (excludes halogenated alkanes) is 24. The average Bonchev–Trinajstić information content (AvgIpc) is 3.63. The number of nitrogens with one attached hydrogen (secondary N) is 1. The quantitative estimate of drug-likeness (QED) is 0.0352. The van der Waals surface area contributed by atoms with Gasteiger partial charge in [0.1, 0.15) is 12.1 Å².